The van der Waals surface area contributed by atoms with Crippen molar-refractivity contribution in [3.05, 3.63) is 36.8 Å². The fourth-order valence-corrected chi connectivity index (χ4v) is 1.45. The number of carbonyl (C=O) groups excluding carboxylic acids is 1. The summed E-state index contributed by atoms with van der Waals surface area (Å²) in [5, 5.41) is 6.78. The van der Waals surface area contributed by atoms with Gasteiger partial charge < -0.3 is 10.1 Å². The lowest BCUT2D eigenvalue weighted by Crippen LogP contribution is -2.14. The van der Waals surface area contributed by atoms with E-state index in [4.69, 9.17) is 4.74 Å². The van der Waals surface area contributed by atoms with E-state index in [2.05, 4.69) is 15.4 Å². The molecule has 6 nitrogen and oxygen atoms in total. The van der Waals surface area contributed by atoms with E-state index in [0.29, 0.717) is 24.5 Å². The van der Waals surface area contributed by atoms with Crippen LogP contribution < -0.4 is 10.1 Å². The van der Waals surface area contributed by atoms with Gasteiger partial charge in [-0.05, 0) is 12.1 Å². The quantitative estimate of drug-likeness (QED) is 0.863. The van der Waals surface area contributed by atoms with Crippen LogP contribution in [0.25, 0.3) is 0 Å². The number of amides is 1. The van der Waals surface area contributed by atoms with Gasteiger partial charge in [0.05, 0.1) is 19.0 Å². The maximum Gasteiger partial charge on any atom is 0.226 e. The topological polar surface area (TPSA) is 69.0 Å². The Kier molecular flexibility index (Phi) is 3.90. The Bertz CT molecular complexity index is 493. The first-order valence-corrected chi connectivity index (χ1v) is 5.55. The molecule has 2 aromatic heterocycles. The highest BCUT2D eigenvalue weighted by Crippen LogP contribution is 2.11. The normalized spacial score (nSPS) is 10.1. The van der Waals surface area contributed by atoms with Gasteiger partial charge in [0.2, 0.25) is 11.8 Å². The number of aromatic nitrogens is 3. The largest absolute Gasteiger partial charge is 0.481 e. The Balaban J connectivity index is 1.83. The molecule has 1 amide bonds. The van der Waals surface area contributed by atoms with Crippen molar-refractivity contribution in [1.82, 2.24) is 14.8 Å². The predicted octanol–water partition coefficient (Wildman–Crippen LogP) is 1.32. The van der Waals surface area contributed by atoms with Crippen LogP contribution in [0.1, 0.15) is 6.42 Å². The molecule has 1 N–H and O–H groups in total. The minimum absolute atomic E-state index is 0.0718. The summed E-state index contributed by atoms with van der Waals surface area (Å²) in [5.41, 5.74) is 0.654. The van der Waals surface area contributed by atoms with E-state index in [1.807, 2.05) is 12.3 Å². The van der Waals surface area contributed by atoms with Crippen LogP contribution in [0, 0.1) is 0 Å². The number of ether oxygens (including phenoxy) is 1. The summed E-state index contributed by atoms with van der Waals surface area (Å²) >= 11 is 0. The van der Waals surface area contributed by atoms with Crippen molar-refractivity contribution in [2.75, 3.05) is 12.4 Å². The van der Waals surface area contributed by atoms with Crippen molar-refractivity contribution in [1.29, 1.82) is 0 Å². The second kappa shape index (κ2) is 5.81. The second-order valence-corrected chi connectivity index (χ2v) is 3.66. The van der Waals surface area contributed by atoms with Crippen LogP contribution in [0.3, 0.4) is 0 Å². The van der Waals surface area contributed by atoms with Crippen molar-refractivity contribution in [2.24, 2.45) is 0 Å². The van der Waals surface area contributed by atoms with Crippen LogP contribution in [0.4, 0.5) is 5.69 Å². The summed E-state index contributed by atoms with van der Waals surface area (Å²) < 4.78 is 6.65. The van der Waals surface area contributed by atoms with Crippen LogP contribution in [-0.4, -0.2) is 27.8 Å². The standard InChI is InChI=1S/C12H14N4O2/c1-18-12-4-3-10(9-13-12)15-11(17)5-8-16-7-2-6-14-16/h2-4,6-7,9H,5,8H2,1H3,(H,15,17). The van der Waals surface area contributed by atoms with Gasteiger partial charge in [-0.1, -0.05) is 0 Å². The van der Waals surface area contributed by atoms with E-state index >= 15 is 0 Å². The molecule has 2 rings (SSSR count). The molecule has 2 heterocycles. The average molecular weight is 246 g/mol. The van der Waals surface area contributed by atoms with Gasteiger partial charge in [-0.3, -0.25) is 9.48 Å². The number of aryl methyl sites for hydroxylation is 1. The molecule has 0 fully saturated rings. The Hall–Kier alpha value is -2.37. The Morgan fingerprint density at radius 1 is 1.50 bits per heavy atom. The third-order valence-electron chi connectivity index (χ3n) is 2.36. The molecule has 0 aliphatic heterocycles. The number of nitrogens with one attached hydrogen (secondary N) is 1. The fraction of sp³-hybridized carbons (Fsp3) is 0.250. The highest BCUT2D eigenvalue weighted by atomic mass is 16.5. The number of methoxy groups -OCH3 is 1. The summed E-state index contributed by atoms with van der Waals surface area (Å²) in [6.07, 6.45) is 5.44. The van der Waals surface area contributed by atoms with Crippen LogP contribution in [0.2, 0.25) is 0 Å². The van der Waals surface area contributed by atoms with Crippen LogP contribution >= 0.6 is 0 Å². The van der Waals surface area contributed by atoms with Crippen molar-refractivity contribution in [3.8, 4) is 5.88 Å². The Morgan fingerprint density at radius 3 is 3.00 bits per heavy atom. The smallest absolute Gasteiger partial charge is 0.226 e. The number of carbonyl (C=O) groups is 1. The molecule has 0 bridgehead atoms. The number of hydrogen-bond donors (Lipinski definition) is 1. The van der Waals surface area contributed by atoms with E-state index in [1.54, 1.807) is 36.3 Å². The van der Waals surface area contributed by atoms with E-state index in [-0.39, 0.29) is 5.91 Å². The number of nitrogens with zero attached hydrogens (tertiary/aromatic N) is 3. The Morgan fingerprint density at radius 2 is 2.39 bits per heavy atom. The van der Waals surface area contributed by atoms with Crippen LogP contribution in [-0.2, 0) is 11.3 Å². The summed E-state index contributed by atoms with van der Waals surface area (Å²) in [5.74, 6) is 0.446. The first kappa shape index (κ1) is 12.1. The maximum absolute atomic E-state index is 11.7. The summed E-state index contributed by atoms with van der Waals surface area (Å²) in [7, 11) is 1.55. The molecular weight excluding hydrogens is 232 g/mol. The number of hydrogen-bond acceptors (Lipinski definition) is 4. The molecule has 0 saturated carbocycles. The van der Waals surface area contributed by atoms with E-state index in [0.717, 1.165) is 0 Å². The number of rotatable bonds is 5. The fourth-order valence-electron chi connectivity index (χ4n) is 1.45. The zero-order valence-corrected chi connectivity index (χ0v) is 10.0. The van der Waals surface area contributed by atoms with E-state index < -0.39 is 0 Å². The molecule has 0 aliphatic carbocycles. The average Bonchev–Trinajstić information content (AvgIpc) is 2.90. The van der Waals surface area contributed by atoms with Crippen LogP contribution in [0.15, 0.2) is 36.8 Å². The third-order valence-corrected chi connectivity index (χ3v) is 2.36. The van der Waals surface area contributed by atoms with Gasteiger partial charge >= 0.3 is 0 Å². The van der Waals surface area contributed by atoms with Gasteiger partial charge in [0, 0.05) is 31.4 Å². The van der Waals surface area contributed by atoms with E-state index in [9.17, 15) is 4.79 Å². The third kappa shape index (κ3) is 3.31. The second-order valence-electron chi connectivity index (χ2n) is 3.66. The van der Waals surface area contributed by atoms with Gasteiger partial charge in [0.15, 0.2) is 0 Å². The summed E-state index contributed by atoms with van der Waals surface area (Å²) in [4.78, 5) is 15.7. The SMILES string of the molecule is COc1ccc(NC(=O)CCn2cccn2)cn1. The first-order chi connectivity index (χ1) is 8.78. The lowest BCUT2D eigenvalue weighted by atomic mass is 10.3. The molecule has 0 unspecified atom stereocenters. The molecular formula is C12H14N4O2. The van der Waals surface area contributed by atoms with Gasteiger partial charge in [-0.2, -0.15) is 5.10 Å². The van der Waals surface area contributed by atoms with Crippen molar-refractivity contribution >= 4 is 11.6 Å². The number of pyridine rings is 1. The van der Waals surface area contributed by atoms with Crippen molar-refractivity contribution in [2.45, 2.75) is 13.0 Å². The molecule has 0 spiro atoms. The zero-order valence-electron chi connectivity index (χ0n) is 10.0. The summed E-state index contributed by atoms with van der Waals surface area (Å²) in [6, 6.07) is 5.27. The number of anilines is 1. The van der Waals surface area contributed by atoms with Gasteiger partial charge in [0.1, 0.15) is 0 Å². The first-order valence-electron chi connectivity index (χ1n) is 5.55. The minimum atomic E-state index is -0.0718. The molecule has 0 aromatic carbocycles. The highest BCUT2D eigenvalue weighted by molar-refractivity contribution is 5.90. The van der Waals surface area contributed by atoms with Gasteiger partial charge in [-0.25, -0.2) is 4.98 Å². The molecule has 6 heteroatoms. The van der Waals surface area contributed by atoms with Gasteiger partial charge in [-0.15, -0.1) is 0 Å². The minimum Gasteiger partial charge on any atom is -0.481 e. The molecule has 0 saturated heterocycles. The maximum atomic E-state index is 11.7. The molecule has 0 aliphatic rings. The summed E-state index contributed by atoms with van der Waals surface area (Å²) in [6.45, 7) is 0.558. The van der Waals surface area contributed by atoms with Crippen molar-refractivity contribution < 1.29 is 9.53 Å². The van der Waals surface area contributed by atoms with Crippen molar-refractivity contribution in [3.63, 3.8) is 0 Å². The lowest BCUT2D eigenvalue weighted by molar-refractivity contribution is -0.116. The molecule has 94 valence electrons. The van der Waals surface area contributed by atoms with Crippen LogP contribution in [0.5, 0.6) is 5.88 Å². The Labute approximate surface area is 105 Å². The molecule has 18 heavy (non-hydrogen) atoms. The monoisotopic (exact) mass is 246 g/mol. The predicted molar refractivity (Wildman–Crippen MR) is 66.3 cm³/mol. The van der Waals surface area contributed by atoms with Gasteiger partial charge in [0.25, 0.3) is 0 Å². The van der Waals surface area contributed by atoms with E-state index in [1.165, 1.54) is 0 Å². The zero-order chi connectivity index (χ0) is 12.8. The lowest BCUT2D eigenvalue weighted by Gasteiger charge is -2.05. The molecule has 0 atom stereocenters. The molecule has 0 radical (unpaired) electrons. The highest BCUT2D eigenvalue weighted by Gasteiger charge is 2.03. The molecule has 2 aromatic rings.